The summed E-state index contributed by atoms with van der Waals surface area (Å²) in [5.74, 6) is 0.797. The monoisotopic (exact) mass is 271 g/mol. The lowest BCUT2D eigenvalue weighted by atomic mass is 10.0. The summed E-state index contributed by atoms with van der Waals surface area (Å²) in [7, 11) is 0. The lowest BCUT2D eigenvalue weighted by Crippen LogP contribution is -2.34. The molecule has 100 valence electrons. The van der Waals surface area contributed by atoms with Crippen LogP contribution in [0.4, 0.5) is 0 Å². The van der Waals surface area contributed by atoms with Crippen molar-refractivity contribution in [3.8, 4) is 0 Å². The Morgan fingerprint density at radius 1 is 1.11 bits per heavy atom. The molecule has 1 N–H and O–H groups in total. The number of hydrogen-bond donors (Lipinski definition) is 1. The van der Waals surface area contributed by atoms with E-state index in [9.17, 15) is 0 Å². The maximum absolute atomic E-state index is 3.89. The van der Waals surface area contributed by atoms with Crippen LogP contribution >= 0.6 is 11.3 Å². The van der Waals surface area contributed by atoms with E-state index in [1.165, 1.54) is 29.7 Å². The highest BCUT2D eigenvalue weighted by Gasteiger charge is 2.27. The Kier molecular flexibility index (Phi) is 4.00. The Morgan fingerprint density at radius 2 is 1.95 bits per heavy atom. The van der Waals surface area contributed by atoms with Gasteiger partial charge in [0, 0.05) is 10.9 Å². The van der Waals surface area contributed by atoms with Crippen molar-refractivity contribution in [2.45, 2.75) is 38.3 Å². The van der Waals surface area contributed by atoms with Gasteiger partial charge in [-0.15, -0.1) is 11.3 Å². The second-order valence-electron chi connectivity index (χ2n) is 5.54. The van der Waals surface area contributed by atoms with E-state index in [2.05, 4.69) is 60.1 Å². The fourth-order valence-corrected chi connectivity index (χ4v) is 3.86. The fourth-order valence-electron chi connectivity index (χ4n) is 3.05. The van der Waals surface area contributed by atoms with E-state index in [1.807, 2.05) is 11.3 Å². The Balaban J connectivity index is 1.85. The third-order valence-corrected chi connectivity index (χ3v) is 5.14. The van der Waals surface area contributed by atoms with Crippen LogP contribution in [0, 0.1) is 5.92 Å². The first-order valence-corrected chi connectivity index (χ1v) is 8.07. The van der Waals surface area contributed by atoms with Gasteiger partial charge in [0.1, 0.15) is 0 Å². The fraction of sp³-hybridized carbons (Fsp3) is 0.412. The van der Waals surface area contributed by atoms with E-state index in [1.54, 1.807) is 0 Å². The summed E-state index contributed by atoms with van der Waals surface area (Å²) in [6.07, 6.45) is 4.05. The number of thiophene rings is 1. The minimum absolute atomic E-state index is 0.353. The minimum Gasteiger partial charge on any atom is -0.303 e. The van der Waals surface area contributed by atoms with Crippen molar-refractivity contribution in [2.24, 2.45) is 5.92 Å². The van der Waals surface area contributed by atoms with Gasteiger partial charge in [-0.2, -0.15) is 0 Å². The van der Waals surface area contributed by atoms with E-state index >= 15 is 0 Å². The zero-order chi connectivity index (χ0) is 13.1. The smallest absolute Gasteiger partial charge is 0.0673 e. The van der Waals surface area contributed by atoms with Crippen molar-refractivity contribution in [3.05, 3.63) is 58.3 Å². The third-order valence-electron chi connectivity index (χ3n) is 4.20. The average molecular weight is 271 g/mol. The van der Waals surface area contributed by atoms with Gasteiger partial charge < -0.3 is 5.32 Å². The van der Waals surface area contributed by atoms with Crippen molar-refractivity contribution in [1.82, 2.24) is 5.32 Å². The highest BCUT2D eigenvalue weighted by Crippen LogP contribution is 2.31. The minimum atomic E-state index is 0.353. The van der Waals surface area contributed by atoms with Gasteiger partial charge in [0.25, 0.3) is 0 Å². The molecule has 1 saturated carbocycles. The van der Waals surface area contributed by atoms with Gasteiger partial charge in [0.2, 0.25) is 0 Å². The molecule has 0 amide bonds. The van der Waals surface area contributed by atoms with Crippen LogP contribution in [0.1, 0.15) is 42.7 Å². The standard InChI is InChI=1S/C17H21NS/c1-13-7-5-10-15(13)18-17(16-11-6-12-19-16)14-8-3-2-4-9-14/h2-4,6,8-9,11-13,15,17-18H,5,7,10H2,1H3. The van der Waals surface area contributed by atoms with Crippen LogP contribution in [0.5, 0.6) is 0 Å². The maximum Gasteiger partial charge on any atom is 0.0673 e. The molecule has 2 aromatic rings. The lowest BCUT2D eigenvalue weighted by Gasteiger charge is -2.25. The first kappa shape index (κ1) is 12.9. The van der Waals surface area contributed by atoms with Crippen LogP contribution in [0.25, 0.3) is 0 Å². The van der Waals surface area contributed by atoms with Gasteiger partial charge in [-0.1, -0.05) is 49.7 Å². The Hall–Kier alpha value is -1.12. The van der Waals surface area contributed by atoms with E-state index < -0.39 is 0 Å². The molecule has 3 unspecified atom stereocenters. The summed E-state index contributed by atoms with van der Waals surface area (Å²) in [6, 6.07) is 16.2. The van der Waals surface area contributed by atoms with Gasteiger partial charge in [-0.05, 0) is 35.8 Å². The van der Waals surface area contributed by atoms with Crippen LogP contribution in [0.2, 0.25) is 0 Å². The van der Waals surface area contributed by atoms with E-state index in [0.717, 1.165) is 5.92 Å². The molecule has 2 heteroatoms. The quantitative estimate of drug-likeness (QED) is 0.856. The third kappa shape index (κ3) is 2.90. The van der Waals surface area contributed by atoms with Gasteiger partial charge >= 0.3 is 0 Å². The van der Waals surface area contributed by atoms with E-state index in [-0.39, 0.29) is 0 Å². The lowest BCUT2D eigenvalue weighted by molar-refractivity contribution is 0.401. The predicted octanol–water partition coefficient (Wildman–Crippen LogP) is 4.62. The molecule has 3 atom stereocenters. The molecule has 1 aliphatic rings. The molecule has 0 aliphatic heterocycles. The molecule has 0 spiro atoms. The Labute approximate surface area is 119 Å². The van der Waals surface area contributed by atoms with Crippen LogP contribution in [0.15, 0.2) is 47.8 Å². The van der Waals surface area contributed by atoms with Gasteiger partial charge in [0.05, 0.1) is 6.04 Å². The van der Waals surface area contributed by atoms with Crippen molar-refractivity contribution in [1.29, 1.82) is 0 Å². The van der Waals surface area contributed by atoms with Gasteiger partial charge in [-0.25, -0.2) is 0 Å². The molecule has 0 bridgehead atoms. The summed E-state index contributed by atoms with van der Waals surface area (Å²) < 4.78 is 0. The summed E-state index contributed by atoms with van der Waals surface area (Å²) in [5.41, 5.74) is 1.38. The summed E-state index contributed by atoms with van der Waals surface area (Å²) in [6.45, 7) is 2.38. The SMILES string of the molecule is CC1CCCC1NC(c1ccccc1)c1cccs1. The van der Waals surface area contributed by atoms with Crippen LogP contribution in [-0.2, 0) is 0 Å². The molecule has 1 heterocycles. The molecular weight excluding hydrogens is 250 g/mol. The van der Waals surface area contributed by atoms with E-state index in [4.69, 9.17) is 0 Å². The molecule has 0 radical (unpaired) electrons. The van der Waals surface area contributed by atoms with Gasteiger partial charge in [-0.3, -0.25) is 0 Å². The molecule has 1 aromatic carbocycles. The second-order valence-corrected chi connectivity index (χ2v) is 6.52. The van der Waals surface area contributed by atoms with Crippen molar-refractivity contribution in [2.75, 3.05) is 0 Å². The molecule has 1 aromatic heterocycles. The second kappa shape index (κ2) is 5.89. The highest BCUT2D eigenvalue weighted by atomic mass is 32.1. The molecule has 1 aliphatic carbocycles. The van der Waals surface area contributed by atoms with E-state index in [0.29, 0.717) is 12.1 Å². The van der Waals surface area contributed by atoms with Crippen LogP contribution in [0.3, 0.4) is 0 Å². The average Bonchev–Trinajstić information content (AvgIpc) is 3.09. The summed E-state index contributed by atoms with van der Waals surface area (Å²) >= 11 is 1.85. The highest BCUT2D eigenvalue weighted by molar-refractivity contribution is 7.10. The van der Waals surface area contributed by atoms with Crippen LogP contribution in [-0.4, -0.2) is 6.04 Å². The Morgan fingerprint density at radius 3 is 2.58 bits per heavy atom. The maximum atomic E-state index is 3.89. The largest absolute Gasteiger partial charge is 0.303 e. The molecule has 3 rings (SSSR count). The summed E-state index contributed by atoms with van der Waals surface area (Å²) in [5, 5.41) is 6.07. The molecule has 1 fully saturated rings. The number of hydrogen-bond acceptors (Lipinski definition) is 2. The van der Waals surface area contributed by atoms with Gasteiger partial charge in [0.15, 0.2) is 0 Å². The summed E-state index contributed by atoms with van der Waals surface area (Å²) in [4.78, 5) is 1.42. The zero-order valence-corrected chi connectivity index (χ0v) is 12.2. The zero-order valence-electron chi connectivity index (χ0n) is 11.4. The van der Waals surface area contributed by atoms with Crippen molar-refractivity contribution >= 4 is 11.3 Å². The van der Waals surface area contributed by atoms with Crippen LogP contribution < -0.4 is 5.32 Å². The number of rotatable bonds is 4. The first-order chi connectivity index (χ1) is 9.34. The molecule has 0 saturated heterocycles. The van der Waals surface area contributed by atoms with Crippen molar-refractivity contribution in [3.63, 3.8) is 0 Å². The number of benzene rings is 1. The first-order valence-electron chi connectivity index (χ1n) is 7.19. The number of nitrogens with one attached hydrogen (secondary N) is 1. The molecule has 19 heavy (non-hydrogen) atoms. The molecular formula is C17H21NS. The van der Waals surface area contributed by atoms with Crippen molar-refractivity contribution < 1.29 is 0 Å². The molecule has 1 nitrogen and oxygen atoms in total. The predicted molar refractivity (Wildman–Crippen MR) is 82.5 cm³/mol. The topological polar surface area (TPSA) is 12.0 Å². The Bertz CT molecular complexity index is 491. The normalized spacial score (nSPS) is 24.5.